The molecule has 0 saturated heterocycles. The summed E-state index contributed by atoms with van der Waals surface area (Å²) in [4.78, 5) is 4.11. The van der Waals surface area contributed by atoms with Crippen LogP contribution in [0.15, 0.2) is 18.3 Å². The number of pyridine rings is 1. The van der Waals surface area contributed by atoms with Crippen LogP contribution in [0.5, 0.6) is 0 Å². The van der Waals surface area contributed by atoms with Gasteiger partial charge < -0.3 is 5.73 Å². The molecule has 0 aliphatic rings. The zero-order valence-corrected chi connectivity index (χ0v) is 10.1. The van der Waals surface area contributed by atoms with Gasteiger partial charge in [0.25, 0.3) is 0 Å². The van der Waals surface area contributed by atoms with E-state index in [1.807, 2.05) is 19.1 Å². The highest BCUT2D eigenvalue weighted by molar-refractivity contribution is 7.84. The van der Waals surface area contributed by atoms with Crippen molar-refractivity contribution in [3.05, 3.63) is 29.6 Å². The summed E-state index contributed by atoms with van der Waals surface area (Å²) in [5.41, 5.74) is 7.41. The Morgan fingerprint density at radius 1 is 1.60 bits per heavy atom. The topological polar surface area (TPSA) is 56.0 Å². The molecule has 0 fully saturated rings. The Balaban J connectivity index is 2.68. The van der Waals surface area contributed by atoms with Gasteiger partial charge in [-0.3, -0.25) is 9.19 Å². The third kappa shape index (κ3) is 3.72. The van der Waals surface area contributed by atoms with E-state index in [4.69, 9.17) is 5.73 Å². The molecule has 2 atom stereocenters. The van der Waals surface area contributed by atoms with Gasteiger partial charge in [-0.2, -0.15) is 0 Å². The van der Waals surface area contributed by atoms with E-state index >= 15 is 0 Å². The molecule has 15 heavy (non-hydrogen) atoms. The minimum Gasteiger partial charge on any atom is -0.325 e. The molecule has 1 heterocycles. The average Bonchev–Trinajstić information content (AvgIpc) is 2.28. The Kier molecular flexibility index (Phi) is 4.91. The van der Waals surface area contributed by atoms with Crippen LogP contribution in [0.4, 0.5) is 0 Å². The van der Waals surface area contributed by atoms with E-state index in [-0.39, 0.29) is 5.25 Å². The van der Waals surface area contributed by atoms with E-state index in [2.05, 4.69) is 11.9 Å². The Bertz CT molecular complexity index is 341. The first kappa shape index (κ1) is 12.3. The highest BCUT2D eigenvalue weighted by atomic mass is 32.2. The quantitative estimate of drug-likeness (QED) is 0.829. The second kappa shape index (κ2) is 5.98. The van der Waals surface area contributed by atoms with Crippen LogP contribution >= 0.6 is 0 Å². The molecule has 0 bridgehead atoms. The molecular weight excluding hydrogens is 208 g/mol. The molecule has 1 aromatic heterocycles. The van der Waals surface area contributed by atoms with Gasteiger partial charge in [0.15, 0.2) is 0 Å². The first-order valence-electron chi connectivity index (χ1n) is 5.18. The average molecular weight is 226 g/mol. The van der Waals surface area contributed by atoms with Gasteiger partial charge in [0.05, 0.1) is 5.69 Å². The summed E-state index contributed by atoms with van der Waals surface area (Å²) >= 11 is 0. The van der Waals surface area contributed by atoms with E-state index in [9.17, 15) is 4.21 Å². The standard InChI is InChI=1S/C11H18N2OS/c1-3-9(2)15(14)8-10-4-5-13-11(6-10)7-12/h4-6,9H,3,7-8,12H2,1-2H3. The SMILES string of the molecule is CCC(C)S(=O)Cc1ccnc(CN)c1. The van der Waals surface area contributed by atoms with Gasteiger partial charge in [0, 0.05) is 34.5 Å². The minimum atomic E-state index is -0.795. The first-order chi connectivity index (χ1) is 7.17. The molecule has 2 unspecified atom stereocenters. The van der Waals surface area contributed by atoms with Crippen LogP contribution in [-0.4, -0.2) is 14.4 Å². The van der Waals surface area contributed by atoms with Gasteiger partial charge in [-0.15, -0.1) is 0 Å². The second-order valence-corrected chi connectivity index (χ2v) is 5.46. The molecule has 3 nitrogen and oxygen atoms in total. The summed E-state index contributed by atoms with van der Waals surface area (Å²) in [6.07, 6.45) is 2.67. The van der Waals surface area contributed by atoms with Crippen molar-refractivity contribution in [2.75, 3.05) is 0 Å². The molecular formula is C11H18N2OS. The van der Waals surface area contributed by atoms with Crippen LogP contribution in [0.2, 0.25) is 0 Å². The van der Waals surface area contributed by atoms with E-state index in [1.165, 1.54) is 0 Å². The van der Waals surface area contributed by atoms with Crippen molar-refractivity contribution in [3.8, 4) is 0 Å². The van der Waals surface area contributed by atoms with E-state index in [1.54, 1.807) is 6.20 Å². The van der Waals surface area contributed by atoms with Crippen molar-refractivity contribution in [3.63, 3.8) is 0 Å². The number of hydrogen-bond acceptors (Lipinski definition) is 3. The van der Waals surface area contributed by atoms with Gasteiger partial charge in [-0.25, -0.2) is 0 Å². The number of nitrogens with zero attached hydrogens (tertiary/aromatic N) is 1. The molecule has 1 rings (SSSR count). The fourth-order valence-electron chi connectivity index (χ4n) is 1.22. The lowest BCUT2D eigenvalue weighted by molar-refractivity contribution is 0.669. The molecule has 0 saturated carbocycles. The fourth-order valence-corrected chi connectivity index (χ4v) is 2.39. The first-order valence-corrected chi connectivity index (χ1v) is 6.56. The predicted molar refractivity (Wildman–Crippen MR) is 63.7 cm³/mol. The van der Waals surface area contributed by atoms with Gasteiger partial charge >= 0.3 is 0 Å². The monoisotopic (exact) mass is 226 g/mol. The molecule has 0 amide bonds. The lowest BCUT2D eigenvalue weighted by atomic mass is 10.2. The maximum Gasteiger partial charge on any atom is 0.0542 e. The van der Waals surface area contributed by atoms with Crippen molar-refractivity contribution in [2.24, 2.45) is 5.73 Å². The molecule has 0 aliphatic heterocycles. The smallest absolute Gasteiger partial charge is 0.0542 e. The van der Waals surface area contributed by atoms with E-state index < -0.39 is 10.8 Å². The van der Waals surface area contributed by atoms with Crippen molar-refractivity contribution in [2.45, 2.75) is 37.8 Å². The number of rotatable bonds is 5. The second-order valence-electron chi connectivity index (χ2n) is 3.60. The third-order valence-corrected chi connectivity index (χ3v) is 4.27. The third-order valence-electron chi connectivity index (χ3n) is 2.42. The van der Waals surface area contributed by atoms with E-state index in [0.717, 1.165) is 17.7 Å². The summed E-state index contributed by atoms with van der Waals surface area (Å²) in [5.74, 6) is 0.602. The Morgan fingerprint density at radius 2 is 2.33 bits per heavy atom. The van der Waals surface area contributed by atoms with Gasteiger partial charge in [0.1, 0.15) is 0 Å². The lowest BCUT2D eigenvalue weighted by Crippen LogP contribution is -2.11. The molecule has 0 radical (unpaired) electrons. The molecule has 1 aromatic rings. The Labute approximate surface area is 93.6 Å². The zero-order valence-electron chi connectivity index (χ0n) is 9.27. The van der Waals surface area contributed by atoms with Crippen molar-refractivity contribution >= 4 is 10.8 Å². The van der Waals surface area contributed by atoms with Gasteiger partial charge in [0.2, 0.25) is 0 Å². The van der Waals surface area contributed by atoms with Crippen LogP contribution in [-0.2, 0) is 23.1 Å². The summed E-state index contributed by atoms with van der Waals surface area (Å²) < 4.78 is 11.8. The van der Waals surface area contributed by atoms with Crippen molar-refractivity contribution in [1.82, 2.24) is 4.98 Å². The summed E-state index contributed by atoms with van der Waals surface area (Å²) in [7, 11) is -0.795. The number of hydrogen-bond donors (Lipinski definition) is 1. The molecule has 2 N–H and O–H groups in total. The predicted octanol–water partition coefficient (Wildman–Crippen LogP) is 1.59. The molecule has 0 spiro atoms. The largest absolute Gasteiger partial charge is 0.325 e. The highest BCUT2D eigenvalue weighted by Gasteiger charge is 2.09. The highest BCUT2D eigenvalue weighted by Crippen LogP contribution is 2.09. The molecule has 4 heteroatoms. The van der Waals surface area contributed by atoms with Crippen LogP contribution in [0.1, 0.15) is 31.5 Å². The van der Waals surface area contributed by atoms with Crippen LogP contribution in [0, 0.1) is 0 Å². The zero-order chi connectivity index (χ0) is 11.3. The van der Waals surface area contributed by atoms with Gasteiger partial charge in [-0.05, 0) is 24.1 Å². The fraction of sp³-hybridized carbons (Fsp3) is 0.545. The minimum absolute atomic E-state index is 0.250. The van der Waals surface area contributed by atoms with Crippen molar-refractivity contribution < 1.29 is 4.21 Å². The summed E-state index contributed by atoms with van der Waals surface area (Å²) in [5, 5.41) is 0.250. The van der Waals surface area contributed by atoms with E-state index in [0.29, 0.717) is 12.3 Å². The molecule has 0 aliphatic carbocycles. The molecule has 84 valence electrons. The number of nitrogens with two attached hydrogens (primary N) is 1. The Hall–Kier alpha value is -0.740. The maximum atomic E-state index is 11.8. The van der Waals surface area contributed by atoms with Crippen LogP contribution < -0.4 is 5.73 Å². The summed E-state index contributed by atoms with van der Waals surface area (Å²) in [6.45, 7) is 4.51. The maximum absolute atomic E-state index is 11.8. The van der Waals surface area contributed by atoms with Gasteiger partial charge in [-0.1, -0.05) is 13.8 Å². The van der Waals surface area contributed by atoms with Crippen LogP contribution in [0.25, 0.3) is 0 Å². The Morgan fingerprint density at radius 3 is 2.93 bits per heavy atom. The molecule has 0 aromatic carbocycles. The summed E-state index contributed by atoms with van der Waals surface area (Å²) in [6, 6.07) is 3.83. The lowest BCUT2D eigenvalue weighted by Gasteiger charge is -2.08. The number of aromatic nitrogens is 1. The van der Waals surface area contributed by atoms with Crippen molar-refractivity contribution in [1.29, 1.82) is 0 Å². The van der Waals surface area contributed by atoms with Crippen LogP contribution in [0.3, 0.4) is 0 Å². The normalized spacial score (nSPS) is 14.9.